The number of aromatic nitrogens is 2. The maximum absolute atomic E-state index is 13.4. The number of methoxy groups -OCH3 is 1. The number of nitrogens with one attached hydrogen (secondary N) is 2. The highest BCUT2D eigenvalue weighted by Crippen LogP contribution is 2.31. The highest BCUT2D eigenvalue weighted by atomic mass is 16.5. The Hall–Kier alpha value is -4.83. The molecule has 10 nitrogen and oxygen atoms in total. The first-order valence-corrected chi connectivity index (χ1v) is 13.0. The van der Waals surface area contributed by atoms with Gasteiger partial charge in [0.05, 0.1) is 37.4 Å². The zero-order chi connectivity index (χ0) is 27.9. The zero-order valence-electron chi connectivity index (χ0n) is 22.4. The van der Waals surface area contributed by atoms with Crippen molar-refractivity contribution in [1.82, 2.24) is 9.78 Å². The Kier molecular flexibility index (Phi) is 8.26. The van der Waals surface area contributed by atoms with Crippen LogP contribution in [-0.4, -0.2) is 55.2 Å². The highest BCUT2D eigenvalue weighted by Gasteiger charge is 2.19. The predicted molar refractivity (Wildman–Crippen MR) is 153 cm³/mol. The van der Waals surface area contributed by atoms with Crippen molar-refractivity contribution < 1.29 is 23.8 Å². The van der Waals surface area contributed by atoms with Crippen LogP contribution in [0.25, 0.3) is 5.69 Å². The van der Waals surface area contributed by atoms with Crippen molar-refractivity contribution in [1.29, 1.82) is 0 Å². The molecule has 0 spiro atoms. The standard InChI is InChI=1S/C30H31N5O5/c1-21-17-27(29(36)32-26-12-11-24(19-28(26)38-2)34-13-15-39-16-14-34)35(33-21)25-10-6-9-23(18-25)31-30(37)40-20-22-7-4-3-5-8-22/h3-12,17-19H,13-16,20H2,1-2H3,(H,31,37)(H,32,36). The number of morpholine rings is 1. The molecule has 3 aromatic carbocycles. The summed E-state index contributed by atoms with van der Waals surface area (Å²) in [4.78, 5) is 28.0. The van der Waals surface area contributed by atoms with Gasteiger partial charge in [0.1, 0.15) is 18.1 Å². The minimum Gasteiger partial charge on any atom is -0.494 e. The van der Waals surface area contributed by atoms with Gasteiger partial charge in [0.15, 0.2) is 0 Å². The number of rotatable bonds is 8. The topological polar surface area (TPSA) is 107 Å². The van der Waals surface area contributed by atoms with Crippen LogP contribution in [0, 0.1) is 6.92 Å². The lowest BCUT2D eigenvalue weighted by Gasteiger charge is -2.29. The van der Waals surface area contributed by atoms with Crippen LogP contribution in [0.2, 0.25) is 0 Å². The van der Waals surface area contributed by atoms with Crippen molar-refractivity contribution in [2.45, 2.75) is 13.5 Å². The maximum Gasteiger partial charge on any atom is 0.411 e. The lowest BCUT2D eigenvalue weighted by atomic mass is 10.2. The summed E-state index contributed by atoms with van der Waals surface area (Å²) in [6.45, 7) is 4.92. The molecule has 0 aliphatic carbocycles. The quantitative estimate of drug-likeness (QED) is 0.322. The fourth-order valence-electron chi connectivity index (χ4n) is 4.44. The summed E-state index contributed by atoms with van der Waals surface area (Å²) in [6, 6.07) is 23.9. The van der Waals surface area contributed by atoms with E-state index >= 15 is 0 Å². The highest BCUT2D eigenvalue weighted by molar-refractivity contribution is 6.04. The van der Waals surface area contributed by atoms with Gasteiger partial charge in [-0.3, -0.25) is 10.1 Å². The molecule has 0 unspecified atom stereocenters. The molecule has 0 radical (unpaired) electrons. The SMILES string of the molecule is COc1cc(N2CCOCC2)ccc1NC(=O)c1cc(C)nn1-c1cccc(NC(=O)OCc2ccccc2)c1. The van der Waals surface area contributed by atoms with E-state index in [1.807, 2.05) is 55.5 Å². The van der Waals surface area contributed by atoms with E-state index in [9.17, 15) is 9.59 Å². The molecule has 4 aromatic rings. The molecule has 5 rings (SSSR count). The van der Waals surface area contributed by atoms with Crippen molar-refractivity contribution in [2.75, 3.05) is 48.9 Å². The van der Waals surface area contributed by atoms with Gasteiger partial charge in [0.25, 0.3) is 5.91 Å². The number of carbonyl (C=O) groups excluding carboxylic acids is 2. The van der Waals surface area contributed by atoms with Gasteiger partial charge in [0.2, 0.25) is 0 Å². The van der Waals surface area contributed by atoms with Gasteiger partial charge in [-0.05, 0) is 48.9 Å². The molecule has 40 heavy (non-hydrogen) atoms. The van der Waals surface area contributed by atoms with E-state index in [1.54, 1.807) is 42.1 Å². The first kappa shape index (κ1) is 26.8. The van der Waals surface area contributed by atoms with Crippen molar-refractivity contribution in [3.05, 3.63) is 95.8 Å². The van der Waals surface area contributed by atoms with Crippen LogP contribution in [0.5, 0.6) is 5.75 Å². The summed E-state index contributed by atoms with van der Waals surface area (Å²) >= 11 is 0. The lowest BCUT2D eigenvalue weighted by molar-refractivity contribution is 0.101. The Bertz CT molecular complexity index is 1480. The third-order valence-electron chi connectivity index (χ3n) is 6.42. The maximum atomic E-state index is 13.4. The van der Waals surface area contributed by atoms with Crippen LogP contribution in [0.4, 0.5) is 21.9 Å². The van der Waals surface area contributed by atoms with E-state index in [-0.39, 0.29) is 12.5 Å². The Balaban J connectivity index is 1.30. The molecule has 1 aromatic heterocycles. The van der Waals surface area contributed by atoms with Crippen LogP contribution in [0.15, 0.2) is 78.9 Å². The molecule has 1 aliphatic heterocycles. The fourth-order valence-corrected chi connectivity index (χ4v) is 4.44. The number of anilines is 3. The molecule has 2 heterocycles. The number of ether oxygens (including phenoxy) is 3. The fraction of sp³-hybridized carbons (Fsp3) is 0.233. The number of nitrogens with zero attached hydrogens (tertiary/aromatic N) is 3. The van der Waals surface area contributed by atoms with Gasteiger partial charge >= 0.3 is 6.09 Å². The van der Waals surface area contributed by atoms with Crippen LogP contribution in [0.3, 0.4) is 0 Å². The Morgan fingerprint density at radius 2 is 1.73 bits per heavy atom. The molecule has 1 saturated heterocycles. The number of carbonyl (C=O) groups is 2. The van der Waals surface area contributed by atoms with Crippen molar-refractivity contribution >= 4 is 29.1 Å². The normalized spacial score (nSPS) is 13.0. The summed E-state index contributed by atoms with van der Waals surface area (Å²) < 4.78 is 17.9. The van der Waals surface area contributed by atoms with Crippen molar-refractivity contribution in [3.63, 3.8) is 0 Å². The second kappa shape index (κ2) is 12.4. The molecule has 0 atom stereocenters. The third-order valence-corrected chi connectivity index (χ3v) is 6.42. The summed E-state index contributed by atoms with van der Waals surface area (Å²) in [5.74, 6) is 0.207. The number of aryl methyl sites for hydroxylation is 1. The molecule has 2 N–H and O–H groups in total. The van der Waals surface area contributed by atoms with Crippen LogP contribution in [0.1, 0.15) is 21.7 Å². The van der Waals surface area contributed by atoms with Gasteiger partial charge in [-0.25, -0.2) is 9.48 Å². The second-order valence-electron chi connectivity index (χ2n) is 9.26. The van der Waals surface area contributed by atoms with Gasteiger partial charge in [-0.15, -0.1) is 0 Å². The molecular weight excluding hydrogens is 510 g/mol. The van der Waals surface area contributed by atoms with Gasteiger partial charge in [-0.1, -0.05) is 36.4 Å². The smallest absolute Gasteiger partial charge is 0.411 e. The van der Waals surface area contributed by atoms with Crippen LogP contribution < -0.4 is 20.3 Å². The van der Waals surface area contributed by atoms with Crippen molar-refractivity contribution in [2.24, 2.45) is 0 Å². The Morgan fingerprint density at radius 1 is 0.925 bits per heavy atom. The Morgan fingerprint density at radius 3 is 2.50 bits per heavy atom. The largest absolute Gasteiger partial charge is 0.494 e. The molecule has 10 heteroatoms. The summed E-state index contributed by atoms with van der Waals surface area (Å²) in [5.41, 5.74) is 4.56. The number of hydrogen-bond acceptors (Lipinski definition) is 7. The first-order chi connectivity index (χ1) is 19.5. The number of hydrogen-bond donors (Lipinski definition) is 2. The predicted octanol–water partition coefficient (Wildman–Crippen LogP) is 5.03. The molecule has 1 fully saturated rings. The van der Waals surface area contributed by atoms with Crippen LogP contribution >= 0.6 is 0 Å². The number of benzene rings is 3. The minimum atomic E-state index is -0.580. The molecule has 206 valence electrons. The molecule has 0 saturated carbocycles. The van der Waals surface area contributed by atoms with Gasteiger partial charge in [-0.2, -0.15) is 5.10 Å². The summed E-state index contributed by atoms with van der Waals surface area (Å²) in [6.07, 6.45) is -0.580. The molecule has 1 aliphatic rings. The van der Waals surface area contributed by atoms with Crippen LogP contribution in [-0.2, 0) is 16.1 Å². The third kappa shape index (κ3) is 6.41. The van der Waals surface area contributed by atoms with Gasteiger partial charge in [0, 0.05) is 30.5 Å². The monoisotopic (exact) mass is 541 g/mol. The average molecular weight is 542 g/mol. The van der Waals surface area contributed by atoms with E-state index in [4.69, 9.17) is 14.2 Å². The Labute approximate surface area is 232 Å². The second-order valence-corrected chi connectivity index (χ2v) is 9.26. The summed E-state index contributed by atoms with van der Waals surface area (Å²) in [7, 11) is 1.58. The first-order valence-electron chi connectivity index (χ1n) is 13.0. The van der Waals surface area contributed by atoms with E-state index in [2.05, 4.69) is 20.6 Å². The van der Waals surface area contributed by atoms with Crippen molar-refractivity contribution in [3.8, 4) is 11.4 Å². The summed E-state index contributed by atoms with van der Waals surface area (Å²) in [5, 5.41) is 10.2. The lowest BCUT2D eigenvalue weighted by Crippen LogP contribution is -2.36. The van der Waals surface area contributed by atoms with E-state index in [0.29, 0.717) is 47.4 Å². The minimum absolute atomic E-state index is 0.159. The average Bonchev–Trinajstić information content (AvgIpc) is 3.39. The zero-order valence-corrected chi connectivity index (χ0v) is 22.4. The van der Waals surface area contributed by atoms with E-state index in [0.717, 1.165) is 24.3 Å². The van der Waals surface area contributed by atoms with Gasteiger partial charge < -0.3 is 24.4 Å². The molecular formula is C30H31N5O5. The van der Waals surface area contributed by atoms with E-state index < -0.39 is 6.09 Å². The molecule has 2 amide bonds. The molecule has 0 bridgehead atoms. The van der Waals surface area contributed by atoms with E-state index in [1.165, 1.54) is 0 Å². The number of amides is 2.